The van der Waals surface area contributed by atoms with Gasteiger partial charge in [0.25, 0.3) is 40.5 Å². The second kappa shape index (κ2) is 18.2. The van der Waals surface area contributed by atoms with Gasteiger partial charge in [-0.05, 0) is 93.0 Å². The number of H-pyrrole nitrogens is 2. The molecule has 0 fully saturated rings. The van der Waals surface area contributed by atoms with Crippen molar-refractivity contribution in [1.82, 2.24) is 39.9 Å². The molecule has 6 N–H and O–H groups in total. The summed E-state index contributed by atoms with van der Waals surface area (Å²) in [4.78, 5) is 36.7. The molecule has 2 aliphatic rings. The predicted octanol–water partition coefficient (Wildman–Crippen LogP) is 10.5. The monoisotopic (exact) mass is 1140 g/mol. The minimum atomic E-state index is -4.55. The molecule has 8 bridgehead atoms. The third kappa shape index (κ3) is 8.68. The van der Waals surface area contributed by atoms with Crippen molar-refractivity contribution in [2.45, 2.75) is 19.6 Å². The summed E-state index contributed by atoms with van der Waals surface area (Å²) in [6.45, 7) is 0. The topological polar surface area (TPSA) is 326 Å². The van der Waals surface area contributed by atoms with Crippen molar-refractivity contribution in [2.24, 2.45) is 0 Å². The Morgan fingerprint density at radius 1 is 0.275 bits per heavy atom. The van der Waals surface area contributed by atoms with E-state index < -0.39 is 40.5 Å². The minimum absolute atomic E-state index is 0.156. The summed E-state index contributed by atoms with van der Waals surface area (Å²) in [5, 5.41) is 2.08. The lowest BCUT2D eigenvalue weighted by atomic mass is 9.96. The van der Waals surface area contributed by atoms with Gasteiger partial charge in [0.2, 0.25) is 0 Å². The molecule has 20 nitrogen and oxygen atoms in total. The first kappa shape index (κ1) is 50.3. The normalized spacial score (nSPS) is 12.7. The van der Waals surface area contributed by atoms with E-state index in [2.05, 4.69) is 9.97 Å². The molecule has 2 aliphatic heterocycles. The van der Waals surface area contributed by atoms with Gasteiger partial charge in [0, 0.05) is 43.8 Å². The lowest BCUT2D eigenvalue weighted by Gasteiger charge is -2.09. The Kier molecular flexibility index (Phi) is 11.4. The number of nitrogens with one attached hydrogen (secondary N) is 2. The Hall–Kier alpha value is -9.24. The summed E-state index contributed by atoms with van der Waals surface area (Å²) >= 11 is 0. The molecule has 8 aromatic carbocycles. The van der Waals surface area contributed by atoms with E-state index in [1.165, 1.54) is 48.5 Å². The Labute approximate surface area is 453 Å². The quantitative estimate of drug-likeness (QED) is 0.0770. The van der Waals surface area contributed by atoms with Crippen molar-refractivity contribution in [2.75, 3.05) is 0 Å². The summed E-state index contributed by atoms with van der Waals surface area (Å²) < 4.78 is 137. The third-order valence-corrected chi connectivity index (χ3v) is 17.3. The fourth-order valence-corrected chi connectivity index (χ4v) is 12.1. The fourth-order valence-electron chi connectivity index (χ4n) is 10.2. The second-order valence-electron chi connectivity index (χ2n) is 18.5. The zero-order valence-electron chi connectivity index (χ0n) is 40.5. The molecule has 0 unspecified atom stereocenters. The highest BCUT2D eigenvalue weighted by Gasteiger charge is 2.28. The van der Waals surface area contributed by atoms with Crippen LogP contribution in [0.1, 0.15) is 0 Å². The molecule has 0 saturated carbocycles. The average Bonchev–Trinajstić information content (AvgIpc) is 4.19. The third-order valence-electron chi connectivity index (χ3n) is 13.8. The molecule has 0 amide bonds. The molecule has 0 spiro atoms. The van der Waals surface area contributed by atoms with Crippen molar-refractivity contribution >= 4 is 84.6 Å². The molecule has 394 valence electrons. The summed E-state index contributed by atoms with van der Waals surface area (Å²) in [7, 11) is -18.2. The molecule has 0 atom stereocenters. The van der Waals surface area contributed by atoms with Gasteiger partial charge >= 0.3 is 0 Å². The van der Waals surface area contributed by atoms with Crippen LogP contribution in [0.3, 0.4) is 0 Å². The van der Waals surface area contributed by atoms with Crippen LogP contribution in [0.4, 0.5) is 0 Å². The number of aromatic amines is 2. The Bertz CT molecular complexity index is 4830. The molecule has 0 aliphatic carbocycles. The maximum absolute atomic E-state index is 12.2. The summed E-state index contributed by atoms with van der Waals surface area (Å²) in [5.74, 6) is 0.652. The van der Waals surface area contributed by atoms with Crippen LogP contribution in [0.15, 0.2) is 189 Å². The number of aromatic nitrogens is 8. The van der Waals surface area contributed by atoms with Gasteiger partial charge in [-0.15, -0.1) is 0 Å². The van der Waals surface area contributed by atoms with Gasteiger partial charge in [-0.1, -0.05) is 121 Å². The van der Waals surface area contributed by atoms with E-state index in [0.717, 1.165) is 0 Å². The van der Waals surface area contributed by atoms with Crippen LogP contribution in [0.2, 0.25) is 0 Å². The van der Waals surface area contributed by atoms with Gasteiger partial charge in [-0.2, -0.15) is 33.7 Å². The van der Waals surface area contributed by atoms with E-state index in [1.54, 1.807) is 109 Å². The molecule has 11 aromatic rings. The molecule has 13 rings (SSSR count). The second-order valence-corrected chi connectivity index (χ2v) is 24.2. The summed E-state index contributed by atoms with van der Waals surface area (Å²) in [6.07, 6.45) is 0. The van der Waals surface area contributed by atoms with Gasteiger partial charge in [0.15, 0.2) is 23.3 Å². The Morgan fingerprint density at radius 3 is 0.850 bits per heavy atom. The molecule has 0 saturated heterocycles. The number of hydrogen-bond donors (Lipinski definition) is 6. The highest BCUT2D eigenvalue weighted by molar-refractivity contribution is 7.86. The van der Waals surface area contributed by atoms with Crippen LogP contribution in [0.25, 0.3) is 134 Å². The standard InChI is InChI=1S/C56H34N8O12S4/c65-77(66,67)33-21-13-29(14-22-33)37-5-1-9-41-45(37)53-57-49(41)61-54-46-38(30-15-23-34(24-16-30)78(68,69)70)6-2-10-42(46)51(58-54)63-56-48-40(32-19-27-36(28-20-32)80(74,75)76)8-4-12-44(48)52(60-56)64-55-47-39(7-3-11-43(47)50(59-55)62-53)31-17-25-35(26-18-31)79(71,72)73/h1-28H,(H,65,66,67)(H,68,69,70)(H,71,72,73)(H,74,75,76)(H2,57,58,59,60,61,62,63,64). The van der Waals surface area contributed by atoms with E-state index in [4.69, 9.17) is 29.9 Å². The smallest absolute Gasteiger partial charge is 0.294 e. The SMILES string of the molecule is O=S(=O)(O)c1ccc(-c2cccc3c2-c2nc-3nc3[nH]c(nc4nc(nc5[nH]c(n2)c2cccc(-c6ccc(S(=O)(=O)O)cc6)c52)-c2cccc(-c5ccc(S(=O)(=O)O)cc5)c2-4)c2cccc(-c4ccc(S(=O)(=O)O)cc4)c32)cc1. The van der Waals surface area contributed by atoms with Crippen LogP contribution in [0, 0.1) is 0 Å². The number of rotatable bonds is 8. The molecule has 3 aromatic heterocycles. The van der Waals surface area contributed by atoms with E-state index in [-0.39, 0.29) is 65.5 Å². The van der Waals surface area contributed by atoms with Crippen LogP contribution in [-0.4, -0.2) is 91.8 Å². The van der Waals surface area contributed by atoms with Gasteiger partial charge < -0.3 is 9.97 Å². The maximum atomic E-state index is 12.2. The van der Waals surface area contributed by atoms with Gasteiger partial charge in [0.05, 0.1) is 19.6 Å². The van der Waals surface area contributed by atoms with E-state index >= 15 is 0 Å². The molecule has 24 heteroatoms. The van der Waals surface area contributed by atoms with Crippen molar-refractivity contribution in [3.63, 3.8) is 0 Å². The predicted molar refractivity (Wildman–Crippen MR) is 297 cm³/mol. The van der Waals surface area contributed by atoms with Gasteiger partial charge in [-0.3, -0.25) is 18.2 Å². The minimum Gasteiger partial charge on any atom is -0.324 e. The van der Waals surface area contributed by atoms with E-state index in [9.17, 15) is 51.9 Å². The maximum Gasteiger partial charge on any atom is 0.294 e. The molecule has 0 radical (unpaired) electrons. The number of benzene rings is 8. The number of fused-ring (bicyclic) bond motifs is 20. The van der Waals surface area contributed by atoms with Crippen molar-refractivity contribution in [3.8, 4) is 90.1 Å². The summed E-state index contributed by atoms with van der Waals surface area (Å²) in [6, 6.07) is 44.1. The fraction of sp³-hybridized carbons (Fsp3) is 0. The van der Waals surface area contributed by atoms with Crippen LogP contribution in [-0.2, 0) is 40.5 Å². The van der Waals surface area contributed by atoms with Crippen LogP contribution < -0.4 is 0 Å². The number of hydrogen-bond acceptors (Lipinski definition) is 14. The first-order valence-corrected chi connectivity index (χ1v) is 29.6. The highest BCUT2D eigenvalue weighted by Crippen LogP contribution is 2.45. The van der Waals surface area contributed by atoms with Gasteiger partial charge in [-0.25, -0.2) is 29.9 Å². The molecular formula is C56H34N8O12S4. The van der Waals surface area contributed by atoms with E-state index in [0.29, 0.717) is 88.3 Å². The first-order valence-electron chi connectivity index (χ1n) is 23.8. The van der Waals surface area contributed by atoms with Gasteiger partial charge in [0.1, 0.15) is 22.6 Å². The van der Waals surface area contributed by atoms with Crippen LogP contribution >= 0.6 is 0 Å². The lowest BCUT2D eigenvalue weighted by molar-refractivity contribution is 0.481. The summed E-state index contributed by atoms with van der Waals surface area (Å²) in [5.41, 5.74) is 7.39. The average molecular weight is 1140 g/mol. The zero-order chi connectivity index (χ0) is 55.6. The van der Waals surface area contributed by atoms with Crippen molar-refractivity contribution in [1.29, 1.82) is 0 Å². The van der Waals surface area contributed by atoms with Crippen molar-refractivity contribution < 1.29 is 51.9 Å². The molecule has 5 heterocycles. The number of nitrogens with zero attached hydrogens (tertiary/aromatic N) is 6. The van der Waals surface area contributed by atoms with Crippen LogP contribution in [0.5, 0.6) is 0 Å². The largest absolute Gasteiger partial charge is 0.324 e. The van der Waals surface area contributed by atoms with Crippen molar-refractivity contribution in [3.05, 3.63) is 170 Å². The zero-order valence-corrected chi connectivity index (χ0v) is 43.8. The lowest BCUT2D eigenvalue weighted by Crippen LogP contribution is -1.97. The molecular weight excluding hydrogens is 1100 g/mol. The highest BCUT2D eigenvalue weighted by atomic mass is 32.2. The Balaban J connectivity index is 1.18. The Morgan fingerprint density at radius 2 is 0.537 bits per heavy atom. The van der Waals surface area contributed by atoms with E-state index in [1.807, 2.05) is 12.1 Å². The molecule has 80 heavy (non-hydrogen) atoms. The first-order chi connectivity index (χ1) is 38.2.